The zero-order valence-corrected chi connectivity index (χ0v) is 8.16. The van der Waals surface area contributed by atoms with Gasteiger partial charge >= 0.3 is 0 Å². The molecule has 2 N–H and O–H groups in total. The molecule has 1 aliphatic rings. The first-order chi connectivity index (χ1) is 6.02. The van der Waals surface area contributed by atoms with Gasteiger partial charge in [-0.3, -0.25) is 0 Å². The van der Waals surface area contributed by atoms with Crippen molar-refractivity contribution >= 4 is 0 Å². The monoisotopic (exact) mass is 183 g/mol. The highest BCUT2D eigenvalue weighted by molar-refractivity contribution is 5.23. The minimum atomic E-state index is -0.750. The van der Waals surface area contributed by atoms with E-state index in [1.54, 1.807) is 0 Å². The predicted molar refractivity (Wildman–Crippen MR) is 51.1 cm³/mol. The van der Waals surface area contributed by atoms with Crippen LogP contribution in [0.15, 0.2) is 24.3 Å². The van der Waals surface area contributed by atoms with Crippen LogP contribution in [-0.2, 0) is 0 Å². The first-order valence-corrected chi connectivity index (χ1v) is 4.62. The van der Waals surface area contributed by atoms with E-state index < -0.39 is 5.23 Å². The Morgan fingerprint density at radius 3 is 2.77 bits per heavy atom. The van der Waals surface area contributed by atoms with Gasteiger partial charge in [0.1, 0.15) is 6.04 Å². The molecule has 0 amide bonds. The number of rotatable bonds is 2. The van der Waals surface area contributed by atoms with Crippen molar-refractivity contribution in [2.75, 3.05) is 0 Å². The number of hydroxylamine groups is 2. The number of allylic oxidation sites excluding steroid dienone is 1. The number of hydrogen-bond donors (Lipinski definition) is 2. The van der Waals surface area contributed by atoms with E-state index in [4.69, 9.17) is 5.21 Å². The lowest BCUT2D eigenvalue weighted by molar-refractivity contribution is -1.06. The summed E-state index contributed by atoms with van der Waals surface area (Å²) in [5.74, 6) is 0.887. The standard InChI is InChI=1S/C10H17NO2/c1-7(2)9-5-4-8(3)10(6-9)11(12)13/h4-5,7,9-12H,3,6H2,1-2H3. The van der Waals surface area contributed by atoms with Gasteiger partial charge in [-0.1, -0.05) is 32.6 Å². The molecular formula is C10H17NO2. The van der Waals surface area contributed by atoms with Crippen LogP contribution in [0.5, 0.6) is 0 Å². The third-order valence-electron chi connectivity index (χ3n) is 2.67. The van der Waals surface area contributed by atoms with E-state index in [2.05, 4.69) is 26.5 Å². The van der Waals surface area contributed by atoms with E-state index >= 15 is 0 Å². The molecule has 0 aromatic heterocycles. The molecule has 13 heavy (non-hydrogen) atoms. The van der Waals surface area contributed by atoms with Gasteiger partial charge in [0.2, 0.25) is 0 Å². The zero-order valence-electron chi connectivity index (χ0n) is 8.16. The third kappa shape index (κ3) is 2.40. The van der Waals surface area contributed by atoms with E-state index in [1.807, 2.05) is 6.08 Å². The lowest BCUT2D eigenvalue weighted by Gasteiger charge is -2.31. The summed E-state index contributed by atoms with van der Waals surface area (Å²) < 4.78 is 0. The molecule has 3 nitrogen and oxygen atoms in total. The van der Waals surface area contributed by atoms with Crippen LogP contribution in [0.4, 0.5) is 0 Å². The molecule has 3 atom stereocenters. The fraction of sp³-hybridized carbons (Fsp3) is 0.600. The Morgan fingerprint density at radius 2 is 2.31 bits per heavy atom. The topological polar surface area (TPSA) is 47.7 Å². The molecule has 0 fully saturated rings. The lowest BCUT2D eigenvalue weighted by Crippen LogP contribution is -3.09. The van der Waals surface area contributed by atoms with Crippen molar-refractivity contribution in [2.24, 2.45) is 11.8 Å². The van der Waals surface area contributed by atoms with Gasteiger partial charge in [0, 0.05) is 12.0 Å². The normalized spacial score (nSPS) is 31.0. The molecule has 3 heteroatoms. The molecule has 0 radical (unpaired) electrons. The maximum absolute atomic E-state index is 10.8. The molecule has 3 unspecified atom stereocenters. The predicted octanol–water partition coefficient (Wildman–Crippen LogP) is 0.915. The average molecular weight is 183 g/mol. The summed E-state index contributed by atoms with van der Waals surface area (Å²) in [5.41, 5.74) is 0.726. The van der Waals surface area contributed by atoms with Crippen molar-refractivity contribution in [1.82, 2.24) is 0 Å². The van der Waals surface area contributed by atoms with Crippen LogP contribution in [0.25, 0.3) is 0 Å². The molecule has 0 bridgehead atoms. The Morgan fingerprint density at radius 1 is 1.69 bits per heavy atom. The van der Waals surface area contributed by atoms with E-state index in [9.17, 15) is 5.21 Å². The first kappa shape index (κ1) is 10.4. The van der Waals surface area contributed by atoms with Gasteiger partial charge in [-0.15, -0.1) is 0 Å². The second-order valence-corrected chi connectivity index (χ2v) is 3.97. The Balaban J connectivity index is 2.71. The SMILES string of the molecule is C=C1C=CC(C(C)C)CC1[NH+]([O-])O. The van der Waals surface area contributed by atoms with E-state index in [0.717, 1.165) is 5.57 Å². The molecular weight excluding hydrogens is 166 g/mol. The van der Waals surface area contributed by atoms with Crippen molar-refractivity contribution in [1.29, 1.82) is 0 Å². The van der Waals surface area contributed by atoms with E-state index in [-0.39, 0.29) is 6.04 Å². The highest BCUT2D eigenvalue weighted by Crippen LogP contribution is 2.25. The largest absolute Gasteiger partial charge is 0.600 e. The van der Waals surface area contributed by atoms with Crippen LogP contribution in [0.3, 0.4) is 0 Å². The summed E-state index contributed by atoms with van der Waals surface area (Å²) in [7, 11) is 0. The summed E-state index contributed by atoms with van der Waals surface area (Å²) >= 11 is 0. The van der Waals surface area contributed by atoms with Crippen LogP contribution < -0.4 is 5.23 Å². The van der Waals surface area contributed by atoms with Crippen LogP contribution in [0, 0.1) is 17.0 Å². The number of hydrogen-bond acceptors (Lipinski definition) is 2. The fourth-order valence-corrected chi connectivity index (χ4v) is 1.62. The zero-order chi connectivity index (χ0) is 10.0. The smallest absolute Gasteiger partial charge is 0.142 e. The van der Waals surface area contributed by atoms with Gasteiger partial charge in [-0.25, -0.2) is 10.4 Å². The second kappa shape index (κ2) is 4.05. The summed E-state index contributed by atoms with van der Waals surface area (Å²) in [6.45, 7) is 7.97. The van der Waals surface area contributed by atoms with Crippen molar-refractivity contribution in [2.45, 2.75) is 26.3 Å². The first-order valence-electron chi connectivity index (χ1n) is 4.62. The van der Waals surface area contributed by atoms with Crippen molar-refractivity contribution in [3.8, 4) is 0 Å². The maximum atomic E-state index is 10.8. The molecule has 1 rings (SSSR count). The summed E-state index contributed by atoms with van der Waals surface area (Å²) in [5, 5.41) is 19.0. The van der Waals surface area contributed by atoms with Gasteiger partial charge < -0.3 is 5.21 Å². The molecule has 0 heterocycles. The minimum absolute atomic E-state index is 0.377. The molecule has 0 saturated carbocycles. The van der Waals surface area contributed by atoms with Crippen LogP contribution in [0.2, 0.25) is 0 Å². The summed E-state index contributed by atoms with van der Waals surface area (Å²) in [6.07, 6.45) is 4.63. The number of nitrogens with one attached hydrogen (secondary N) is 1. The molecule has 0 aromatic rings. The quantitative estimate of drug-likeness (QED) is 0.625. The Kier molecular flexibility index (Phi) is 3.25. The van der Waals surface area contributed by atoms with Crippen LogP contribution in [0.1, 0.15) is 20.3 Å². The third-order valence-corrected chi connectivity index (χ3v) is 2.67. The maximum Gasteiger partial charge on any atom is 0.142 e. The van der Waals surface area contributed by atoms with Crippen molar-refractivity contribution in [3.63, 3.8) is 0 Å². The highest BCUT2D eigenvalue weighted by Gasteiger charge is 2.26. The Hall–Kier alpha value is -0.640. The van der Waals surface area contributed by atoms with Gasteiger partial charge in [-0.05, 0) is 11.8 Å². The summed E-state index contributed by atoms with van der Waals surface area (Å²) in [6, 6.07) is -0.377. The summed E-state index contributed by atoms with van der Waals surface area (Å²) in [4.78, 5) is 0. The molecule has 1 aliphatic carbocycles. The lowest BCUT2D eigenvalue weighted by atomic mass is 9.82. The second-order valence-electron chi connectivity index (χ2n) is 3.97. The molecule has 0 spiro atoms. The van der Waals surface area contributed by atoms with Crippen molar-refractivity contribution < 1.29 is 10.4 Å². The van der Waals surface area contributed by atoms with Gasteiger partial charge in [0.15, 0.2) is 0 Å². The molecule has 0 aliphatic heterocycles. The van der Waals surface area contributed by atoms with Crippen LogP contribution >= 0.6 is 0 Å². The van der Waals surface area contributed by atoms with Crippen LogP contribution in [-0.4, -0.2) is 11.2 Å². The van der Waals surface area contributed by atoms with Gasteiger partial charge in [0.05, 0.1) is 0 Å². The average Bonchev–Trinajstić information content (AvgIpc) is 2.04. The van der Waals surface area contributed by atoms with Gasteiger partial charge in [-0.2, -0.15) is 0 Å². The fourth-order valence-electron chi connectivity index (χ4n) is 1.62. The molecule has 0 aromatic carbocycles. The molecule has 74 valence electrons. The highest BCUT2D eigenvalue weighted by atomic mass is 16.8. The Labute approximate surface area is 78.9 Å². The minimum Gasteiger partial charge on any atom is -0.600 e. The molecule has 0 saturated heterocycles. The van der Waals surface area contributed by atoms with Crippen molar-refractivity contribution in [3.05, 3.63) is 29.5 Å². The van der Waals surface area contributed by atoms with E-state index in [0.29, 0.717) is 18.3 Å². The van der Waals surface area contributed by atoms with Gasteiger partial charge in [0.25, 0.3) is 0 Å². The van der Waals surface area contributed by atoms with E-state index in [1.165, 1.54) is 0 Å². The number of quaternary nitrogens is 1. The Bertz CT molecular complexity index is 221.